The van der Waals surface area contributed by atoms with Crippen LogP contribution in [0.5, 0.6) is 0 Å². The van der Waals surface area contributed by atoms with Crippen LogP contribution in [0.4, 0.5) is 11.4 Å². The molecule has 0 aromatic heterocycles. The summed E-state index contributed by atoms with van der Waals surface area (Å²) in [5.74, 6) is 0. The molecule has 0 radical (unpaired) electrons. The van der Waals surface area contributed by atoms with Gasteiger partial charge in [-0.3, -0.25) is 0 Å². The standard InChI is InChI=1S/C14H11ClN2/c1-10-4-2-3-5-14(10)17-12-7-6-11(9-16)13(15)8-12/h2-8,17H,1H3. The van der Waals surface area contributed by atoms with Crippen LogP contribution in [0, 0.1) is 18.3 Å². The maximum absolute atomic E-state index is 8.79. The Bertz CT molecular complexity index is 585. The number of anilines is 2. The summed E-state index contributed by atoms with van der Waals surface area (Å²) in [6.45, 7) is 2.04. The molecule has 1 N–H and O–H groups in total. The molecule has 3 heteroatoms. The molecular formula is C14H11ClN2. The molecule has 2 aromatic rings. The van der Waals surface area contributed by atoms with E-state index in [4.69, 9.17) is 16.9 Å². The summed E-state index contributed by atoms with van der Waals surface area (Å²) in [7, 11) is 0. The van der Waals surface area contributed by atoms with E-state index in [1.807, 2.05) is 43.3 Å². The number of para-hydroxylation sites is 1. The minimum Gasteiger partial charge on any atom is -0.355 e. The number of nitriles is 1. The van der Waals surface area contributed by atoms with E-state index < -0.39 is 0 Å². The number of rotatable bonds is 2. The lowest BCUT2D eigenvalue weighted by Crippen LogP contribution is -1.93. The third-order valence-corrected chi connectivity index (χ3v) is 2.83. The van der Waals surface area contributed by atoms with Gasteiger partial charge in [-0.15, -0.1) is 0 Å². The fourth-order valence-electron chi connectivity index (χ4n) is 1.55. The van der Waals surface area contributed by atoms with Gasteiger partial charge in [0, 0.05) is 11.4 Å². The highest BCUT2D eigenvalue weighted by Crippen LogP contribution is 2.24. The van der Waals surface area contributed by atoms with Crippen LogP contribution in [0.1, 0.15) is 11.1 Å². The van der Waals surface area contributed by atoms with Crippen molar-refractivity contribution >= 4 is 23.0 Å². The van der Waals surface area contributed by atoms with Crippen molar-refractivity contribution in [1.82, 2.24) is 0 Å². The molecule has 0 fully saturated rings. The maximum Gasteiger partial charge on any atom is 0.101 e. The summed E-state index contributed by atoms with van der Waals surface area (Å²) >= 11 is 5.97. The first-order valence-corrected chi connectivity index (χ1v) is 5.61. The topological polar surface area (TPSA) is 35.8 Å². The van der Waals surface area contributed by atoms with E-state index in [0.29, 0.717) is 10.6 Å². The van der Waals surface area contributed by atoms with E-state index in [1.54, 1.807) is 12.1 Å². The normalized spacial score (nSPS) is 9.71. The van der Waals surface area contributed by atoms with Crippen molar-refractivity contribution in [3.63, 3.8) is 0 Å². The van der Waals surface area contributed by atoms with Crippen LogP contribution >= 0.6 is 11.6 Å². The second kappa shape index (κ2) is 4.90. The lowest BCUT2D eigenvalue weighted by atomic mass is 10.2. The second-order valence-corrected chi connectivity index (χ2v) is 4.15. The van der Waals surface area contributed by atoms with E-state index in [2.05, 4.69) is 5.32 Å². The van der Waals surface area contributed by atoms with E-state index in [9.17, 15) is 0 Å². The maximum atomic E-state index is 8.79. The van der Waals surface area contributed by atoms with Gasteiger partial charge in [-0.2, -0.15) is 5.26 Å². The van der Waals surface area contributed by atoms with Crippen LogP contribution in [0.15, 0.2) is 42.5 Å². The number of halogens is 1. The number of benzene rings is 2. The molecule has 0 amide bonds. The first-order chi connectivity index (χ1) is 8.20. The van der Waals surface area contributed by atoms with Crippen LogP contribution in [0.3, 0.4) is 0 Å². The van der Waals surface area contributed by atoms with E-state index in [0.717, 1.165) is 16.9 Å². The van der Waals surface area contributed by atoms with Crippen LogP contribution in [-0.2, 0) is 0 Å². The molecule has 17 heavy (non-hydrogen) atoms. The van der Waals surface area contributed by atoms with Gasteiger partial charge < -0.3 is 5.32 Å². The highest BCUT2D eigenvalue weighted by atomic mass is 35.5. The predicted octanol–water partition coefficient (Wildman–Crippen LogP) is 4.26. The SMILES string of the molecule is Cc1ccccc1Nc1ccc(C#N)c(Cl)c1. The second-order valence-electron chi connectivity index (χ2n) is 3.75. The van der Waals surface area contributed by atoms with Gasteiger partial charge in [0.1, 0.15) is 6.07 Å². The molecule has 0 atom stereocenters. The van der Waals surface area contributed by atoms with Crippen LogP contribution in [0.25, 0.3) is 0 Å². The van der Waals surface area contributed by atoms with Crippen LogP contribution < -0.4 is 5.32 Å². The Morgan fingerprint density at radius 1 is 1.18 bits per heavy atom. The smallest absolute Gasteiger partial charge is 0.101 e. The third-order valence-electron chi connectivity index (χ3n) is 2.51. The molecule has 0 saturated carbocycles. The Balaban J connectivity index is 2.29. The minimum absolute atomic E-state index is 0.464. The number of hydrogen-bond acceptors (Lipinski definition) is 2. The minimum atomic E-state index is 0.464. The molecule has 2 rings (SSSR count). The third kappa shape index (κ3) is 2.58. The predicted molar refractivity (Wildman–Crippen MR) is 70.6 cm³/mol. The molecule has 0 aliphatic heterocycles. The van der Waals surface area contributed by atoms with Crippen LogP contribution in [-0.4, -0.2) is 0 Å². The van der Waals surface area contributed by atoms with Gasteiger partial charge in [0.05, 0.1) is 10.6 Å². The molecule has 2 nitrogen and oxygen atoms in total. The molecule has 0 aliphatic carbocycles. The Kier molecular flexibility index (Phi) is 3.32. The molecule has 0 bridgehead atoms. The summed E-state index contributed by atoms with van der Waals surface area (Å²) < 4.78 is 0. The fourth-order valence-corrected chi connectivity index (χ4v) is 1.77. The van der Waals surface area contributed by atoms with Gasteiger partial charge in [-0.1, -0.05) is 29.8 Å². The molecule has 0 aliphatic rings. The van der Waals surface area contributed by atoms with E-state index in [1.165, 1.54) is 0 Å². The zero-order valence-corrected chi connectivity index (χ0v) is 10.1. The highest BCUT2D eigenvalue weighted by molar-refractivity contribution is 6.32. The molecule has 84 valence electrons. The van der Waals surface area contributed by atoms with Crippen molar-refractivity contribution in [2.75, 3.05) is 5.32 Å². The fraction of sp³-hybridized carbons (Fsp3) is 0.0714. The Hall–Kier alpha value is -1.98. The summed E-state index contributed by atoms with van der Waals surface area (Å²) in [4.78, 5) is 0. The first kappa shape index (κ1) is 11.5. The zero-order chi connectivity index (χ0) is 12.3. The lowest BCUT2D eigenvalue weighted by Gasteiger charge is -2.09. The Labute approximate surface area is 105 Å². The summed E-state index contributed by atoms with van der Waals surface area (Å²) in [5.41, 5.74) is 3.56. The van der Waals surface area contributed by atoms with Crippen molar-refractivity contribution in [1.29, 1.82) is 5.26 Å². The largest absolute Gasteiger partial charge is 0.355 e. The van der Waals surface area contributed by atoms with Crippen molar-refractivity contribution in [2.45, 2.75) is 6.92 Å². The molecule has 2 aromatic carbocycles. The first-order valence-electron chi connectivity index (χ1n) is 5.23. The van der Waals surface area contributed by atoms with Gasteiger partial charge >= 0.3 is 0 Å². The highest BCUT2D eigenvalue weighted by Gasteiger charge is 2.02. The van der Waals surface area contributed by atoms with Crippen LogP contribution in [0.2, 0.25) is 5.02 Å². The number of aryl methyl sites for hydroxylation is 1. The molecule has 0 saturated heterocycles. The lowest BCUT2D eigenvalue weighted by molar-refractivity contribution is 1.42. The number of nitrogens with zero attached hydrogens (tertiary/aromatic N) is 1. The van der Waals surface area contributed by atoms with Gasteiger partial charge in [0.15, 0.2) is 0 Å². The quantitative estimate of drug-likeness (QED) is 0.854. The van der Waals surface area contributed by atoms with Crippen molar-refractivity contribution in [3.8, 4) is 6.07 Å². The van der Waals surface area contributed by atoms with Gasteiger partial charge in [-0.05, 0) is 36.8 Å². The number of hydrogen-bond donors (Lipinski definition) is 1. The average molecular weight is 243 g/mol. The van der Waals surface area contributed by atoms with Gasteiger partial charge in [0.2, 0.25) is 0 Å². The van der Waals surface area contributed by atoms with E-state index in [-0.39, 0.29) is 0 Å². The molecule has 0 spiro atoms. The zero-order valence-electron chi connectivity index (χ0n) is 9.37. The summed E-state index contributed by atoms with van der Waals surface area (Å²) in [6, 6.07) is 15.4. The summed E-state index contributed by atoms with van der Waals surface area (Å²) in [6.07, 6.45) is 0. The van der Waals surface area contributed by atoms with Crippen molar-refractivity contribution in [3.05, 3.63) is 58.6 Å². The molecule has 0 unspecified atom stereocenters. The number of nitrogens with one attached hydrogen (secondary N) is 1. The monoisotopic (exact) mass is 242 g/mol. The van der Waals surface area contributed by atoms with E-state index >= 15 is 0 Å². The molecule has 0 heterocycles. The summed E-state index contributed by atoms with van der Waals surface area (Å²) in [5, 5.41) is 12.5. The van der Waals surface area contributed by atoms with Crippen molar-refractivity contribution < 1.29 is 0 Å². The van der Waals surface area contributed by atoms with Crippen molar-refractivity contribution in [2.24, 2.45) is 0 Å². The van der Waals surface area contributed by atoms with Gasteiger partial charge in [-0.25, -0.2) is 0 Å². The Morgan fingerprint density at radius 2 is 1.94 bits per heavy atom. The average Bonchev–Trinajstić information content (AvgIpc) is 2.32. The molecular weight excluding hydrogens is 232 g/mol. The van der Waals surface area contributed by atoms with Gasteiger partial charge in [0.25, 0.3) is 0 Å². The Morgan fingerprint density at radius 3 is 2.59 bits per heavy atom.